The molecule has 2 saturated heterocycles. The van der Waals surface area contributed by atoms with Crippen LogP contribution in [0.2, 0.25) is 0 Å². The predicted molar refractivity (Wildman–Crippen MR) is 84.2 cm³/mol. The molecule has 3 heterocycles. The average Bonchev–Trinajstić information content (AvgIpc) is 3.11. The summed E-state index contributed by atoms with van der Waals surface area (Å²) in [5, 5.41) is 7.00. The predicted octanol–water partition coefficient (Wildman–Crippen LogP) is 1.58. The molecule has 0 amide bonds. The zero-order valence-electron chi connectivity index (χ0n) is 12.5. The molecule has 0 saturated carbocycles. The first-order valence-corrected chi connectivity index (χ1v) is 8.83. The molecule has 2 aliphatic rings. The largest absolute Gasteiger partial charge is 0.314 e. The normalized spacial score (nSPS) is 25.4. The molecule has 1 unspecified atom stereocenters. The number of rotatable bonds is 5. The molecular formula is C15H26N4S. The van der Waals surface area contributed by atoms with Gasteiger partial charge in [-0.2, -0.15) is 0 Å². The lowest BCUT2D eigenvalue weighted by atomic mass is 10.2. The van der Waals surface area contributed by atoms with E-state index in [0.717, 1.165) is 32.1 Å². The van der Waals surface area contributed by atoms with Gasteiger partial charge in [-0.05, 0) is 19.3 Å². The Morgan fingerprint density at radius 1 is 1.35 bits per heavy atom. The maximum atomic E-state index is 4.75. The fourth-order valence-corrected chi connectivity index (χ4v) is 4.17. The van der Waals surface area contributed by atoms with Crippen LogP contribution in [0.5, 0.6) is 0 Å². The molecule has 0 spiro atoms. The van der Waals surface area contributed by atoms with E-state index in [9.17, 15) is 0 Å². The number of nitrogens with one attached hydrogen (secondary N) is 1. The second-order valence-electron chi connectivity index (χ2n) is 5.95. The number of aryl methyl sites for hydroxylation is 1. The van der Waals surface area contributed by atoms with Crippen molar-refractivity contribution in [3.8, 4) is 0 Å². The van der Waals surface area contributed by atoms with Gasteiger partial charge in [-0.1, -0.05) is 6.92 Å². The summed E-state index contributed by atoms with van der Waals surface area (Å²) in [6, 6.07) is 0.769. The molecule has 2 fully saturated rings. The van der Waals surface area contributed by atoms with Gasteiger partial charge in [-0.15, -0.1) is 11.3 Å². The van der Waals surface area contributed by atoms with Crippen LogP contribution in [-0.2, 0) is 13.0 Å². The van der Waals surface area contributed by atoms with Crippen molar-refractivity contribution in [3.63, 3.8) is 0 Å². The van der Waals surface area contributed by atoms with Gasteiger partial charge in [0.2, 0.25) is 0 Å². The standard InChI is InChI=1S/C15H26N4S/c1-2-3-15-17-13(12-20-15)10-18-7-4-14(11-18)19-8-5-16-6-9-19/h12,14,16H,2-11H2,1H3. The Hall–Kier alpha value is -0.490. The van der Waals surface area contributed by atoms with Crippen LogP contribution in [-0.4, -0.2) is 60.1 Å². The van der Waals surface area contributed by atoms with Crippen molar-refractivity contribution in [1.29, 1.82) is 0 Å². The first kappa shape index (κ1) is 14.4. The molecule has 1 N–H and O–H groups in total. The number of nitrogens with zero attached hydrogens (tertiary/aromatic N) is 3. The smallest absolute Gasteiger partial charge is 0.0928 e. The summed E-state index contributed by atoms with van der Waals surface area (Å²) < 4.78 is 0. The van der Waals surface area contributed by atoms with Crippen LogP contribution in [0.3, 0.4) is 0 Å². The highest BCUT2D eigenvalue weighted by molar-refractivity contribution is 7.09. The number of thiazole rings is 1. The summed E-state index contributed by atoms with van der Waals surface area (Å²) in [5.74, 6) is 0. The molecule has 5 heteroatoms. The van der Waals surface area contributed by atoms with Gasteiger partial charge in [-0.3, -0.25) is 9.80 Å². The minimum Gasteiger partial charge on any atom is -0.314 e. The Morgan fingerprint density at radius 3 is 3.00 bits per heavy atom. The first-order chi connectivity index (χ1) is 9.85. The van der Waals surface area contributed by atoms with Crippen LogP contribution in [0.15, 0.2) is 5.38 Å². The Morgan fingerprint density at radius 2 is 2.20 bits per heavy atom. The lowest BCUT2D eigenvalue weighted by molar-refractivity contribution is 0.170. The lowest BCUT2D eigenvalue weighted by Gasteiger charge is -2.32. The van der Waals surface area contributed by atoms with E-state index in [-0.39, 0.29) is 0 Å². The highest BCUT2D eigenvalue weighted by Gasteiger charge is 2.28. The van der Waals surface area contributed by atoms with Gasteiger partial charge in [0.15, 0.2) is 0 Å². The van der Waals surface area contributed by atoms with Crippen LogP contribution < -0.4 is 5.32 Å². The van der Waals surface area contributed by atoms with Crippen molar-refractivity contribution in [2.24, 2.45) is 0 Å². The van der Waals surface area contributed by atoms with Gasteiger partial charge in [-0.25, -0.2) is 4.98 Å². The minimum atomic E-state index is 0.769. The molecule has 4 nitrogen and oxygen atoms in total. The van der Waals surface area contributed by atoms with Gasteiger partial charge < -0.3 is 5.32 Å². The molecule has 0 bridgehead atoms. The van der Waals surface area contributed by atoms with E-state index in [2.05, 4.69) is 27.4 Å². The number of hydrogen-bond donors (Lipinski definition) is 1. The van der Waals surface area contributed by atoms with E-state index in [1.807, 2.05) is 11.3 Å². The number of piperazine rings is 1. The molecule has 1 atom stereocenters. The SMILES string of the molecule is CCCc1nc(CN2CCC(N3CCNCC3)C2)cs1. The van der Waals surface area contributed by atoms with E-state index < -0.39 is 0 Å². The van der Waals surface area contributed by atoms with E-state index in [0.29, 0.717) is 0 Å². The van der Waals surface area contributed by atoms with Gasteiger partial charge in [0.05, 0.1) is 10.7 Å². The van der Waals surface area contributed by atoms with Crippen LogP contribution in [0, 0.1) is 0 Å². The quantitative estimate of drug-likeness (QED) is 0.893. The van der Waals surface area contributed by atoms with E-state index in [4.69, 9.17) is 4.98 Å². The van der Waals surface area contributed by atoms with Crippen LogP contribution >= 0.6 is 11.3 Å². The molecule has 1 aromatic heterocycles. The monoisotopic (exact) mass is 294 g/mol. The fraction of sp³-hybridized carbons (Fsp3) is 0.800. The Balaban J connectivity index is 1.49. The van der Waals surface area contributed by atoms with Gasteiger partial charge in [0, 0.05) is 57.2 Å². The van der Waals surface area contributed by atoms with Crippen molar-refractivity contribution in [1.82, 2.24) is 20.1 Å². The van der Waals surface area contributed by atoms with Crippen molar-refractivity contribution < 1.29 is 0 Å². The van der Waals surface area contributed by atoms with Crippen molar-refractivity contribution in [3.05, 3.63) is 16.1 Å². The van der Waals surface area contributed by atoms with Gasteiger partial charge in [0.1, 0.15) is 0 Å². The molecule has 0 radical (unpaired) electrons. The molecule has 1 aromatic rings. The molecule has 20 heavy (non-hydrogen) atoms. The highest BCUT2D eigenvalue weighted by Crippen LogP contribution is 2.20. The van der Waals surface area contributed by atoms with Crippen LogP contribution in [0.4, 0.5) is 0 Å². The second-order valence-corrected chi connectivity index (χ2v) is 6.89. The summed E-state index contributed by atoms with van der Waals surface area (Å²) in [6.45, 7) is 10.5. The summed E-state index contributed by atoms with van der Waals surface area (Å²) in [6.07, 6.45) is 3.65. The van der Waals surface area contributed by atoms with E-state index >= 15 is 0 Å². The molecule has 3 rings (SSSR count). The molecule has 2 aliphatic heterocycles. The fourth-order valence-electron chi connectivity index (χ4n) is 3.28. The summed E-state index contributed by atoms with van der Waals surface area (Å²) in [7, 11) is 0. The lowest BCUT2D eigenvalue weighted by Crippen LogP contribution is -2.49. The Labute approximate surface area is 126 Å². The zero-order valence-corrected chi connectivity index (χ0v) is 13.3. The number of likely N-dealkylation sites (tertiary alicyclic amines) is 1. The third-order valence-electron chi connectivity index (χ3n) is 4.36. The topological polar surface area (TPSA) is 31.4 Å². The summed E-state index contributed by atoms with van der Waals surface area (Å²) in [5.41, 5.74) is 1.28. The molecule has 112 valence electrons. The second kappa shape index (κ2) is 6.98. The van der Waals surface area contributed by atoms with Crippen LogP contribution in [0.1, 0.15) is 30.5 Å². The van der Waals surface area contributed by atoms with Gasteiger partial charge >= 0.3 is 0 Å². The first-order valence-electron chi connectivity index (χ1n) is 7.95. The minimum absolute atomic E-state index is 0.769. The van der Waals surface area contributed by atoms with Crippen LogP contribution in [0.25, 0.3) is 0 Å². The summed E-state index contributed by atoms with van der Waals surface area (Å²) >= 11 is 1.83. The maximum Gasteiger partial charge on any atom is 0.0928 e. The zero-order chi connectivity index (χ0) is 13.8. The van der Waals surface area contributed by atoms with E-state index in [1.54, 1.807) is 0 Å². The third-order valence-corrected chi connectivity index (χ3v) is 5.32. The molecule has 0 aromatic carbocycles. The van der Waals surface area contributed by atoms with Crippen molar-refractivity contribution in [2.75, 3.05) is 39.3 Å². The maximum absolute atomic E-state index is 4.75. The van der Waals surface area contributed by atoms with Crippen molar-refractivity contribution >= 4 is 11.3 Å². The third kappa shape index (κ3) is 3.58. The summed E-state index contributed by atoms with van der Waals surface area (Å²) in [4.78, 5) is 10.0. The Kier molecular flexibility index (Phi) is 5.04. The number of aromatic nitrogens is 1. The highest BCUT2D eigenvalue weighted by atomic mass is 32.1. The number of hydrogen-bond acceptors (Lipinski definition) is 5. The Bertz CT molecular complexity index is 414. The average molecular weight is 294 g/mol. The molecular weight excluding hydrogens is 268 g/mol. The van der Waals surface area contributed by atoms with Gasteiger partial charge in [0.25, 0.3) is 0 Å². The van der Waals surface area contributed by atoms with E-state index in [1.165, 1.54) is 49.7 Å². The van der Waals surface area contributed by atoms with Crippen molar-refractivity contribution in [2.45, 2.75) is 38.8 Å². The molecule has 0 aliphatic carbocycles.